The Hall–Kier alpha value is -9.62. The van der Waals surface area contributed by atoms with Crippen molar-refractivity contribution in [3.63, 3.8) is 0 Å². The van der Waals surface area contributed by atoms with Crippen LogP contribution in [0.2, 0.25) is 0 Å². The summed E-state index contributed by atoms with van der Waals surface area (Å²) in [6.07, 6.45) is 0. The smallest absolute Gasteiger partial charge is 0.00239 e. The SMILES string of the molecule is Cc1cc2ccc(C)c3ccc4cccc1c4c23.Cc1ccc(C)c2cc3ccccc3cc12.Cc1ccc2cc3cc(C)ccc3cc2c1.Cc1ccc2ccc3c(C)ccc4ccc1c2c43.Cc1cccc2c(C)c3ccccc3cc12. The molecule has 0 heteroatoms. The van der Waals surface area contributed by atoms with Gasteiger partial charge in [-0.1, -0.05) is 223 Å². The first-order valence-corrected chi connectivity index (χ1v) is 29.7. The summed E-state index contributed by atoms with van der Waals surface area (Å²) in [6.45, 7) is 21.8. The minimum Gasteiger partial charge on any atom is -0.0616 e. The molecule has 0 fully saturated rings. The predicted octanol–water partition coefficient (Wildman–Crippen LogP) is 24.2. The van der Waals surface area contributed by atoms with Crippen LogP contribution in [0.4, 0.5) is 0 Å². The highest BCUT2D eigenvalue weighted by Crippen LogP contribution is 2.39. The number of benzene rings is 17. The summed E-state index contributed by atoms with van der Waals surface area (Å²) in [5.74, 6) is 0. The average Bonchev–Trinajstić information content (AvgIpc) is 3.47. The fourth-order valence-electron chi connectivity index (χ4n) is 13.3. The van der Waals surface area contributed by atoms with E-state index in [0.29, 0.717) is 0 Å². The van der Waals surface area contributed by atoms with Crippen molar-refractivity contribution >= 4 is 129 Å². The first-order valence-electron chi connectivity index (χ1n) is 29.7. The van der Waals surface area contributed by atoms with Gasteiger partial charge in [-0.25, -0.2) is 0 Å². The molecular weight excluding hydrogens is 1010 g/mol. The van der Waals surface area contributed by atoms with E-state index in [1.807, 2.05) is 0 Å². The van der Waals surface area contributed by atoms with E-state index in [0.717, 1.165) is 0 Å². The Morgan fingerprint density at radius 2 is 0.476 bits per heavy atom. The van der Waals surface area contributed by atoms with Gasteiger partial charge in [0.1, 0.15) is 0 Å². The molecule has 0 bridgehead atoms. The van der Waals surface area contributed by atoms with Gasteiger partial charge in [-0.15, -0.1) is 0 Å². The molecule has 17 aromatic rings. The van der Waals surface area contributed by atoms with Gasteiger partial charge in [0, 0.05) is 0 Å². The van der Waals surface area contributed by atoms with Gasteiger partial charge in [-0.05, 0) is 273 Å². The van der Waals surface area contributed by atoms with Crippen molar-refractivity contribution in [1.29, 1.82) is 0 Å². The van der Waals surface area contributed by atoms with Crippen LogP contribution in [-0.2, 0) is 0 Å². The molecule has 17 rings (SSSR count). The lowest BCUT2D eigenvalue weighted by Crippen LogP contribution is -1.88. The maximum Gasteiger partial charge on any atom is -0.00239 e. The van der Waals surface area contributed by atoms with Gasteiger partial charge in [0.15, 0.2) is 0 Å². The molecule has 0 radical (unpaired) electrons. The van der Waals surface area contributed by atoms with Crippen LogP contribution in [-0.4, -0.2) is 0 Å². The average molecular weight is 1080 g/mol. The van der Waals surface area contributed by atoms with Crippen LogP contribution in [0.15, 0.2) is 243 Å². The first-order chi connectivity index (χ1) is 40.8. The number of hydrogen-bond acceptors (Lipinski definition) is 0. The second-order valence-corrected chi connectivity index (χ2v) is 23.8. The summed E-state index contributed by atoms with van der Waals surface area (Å²) >= 11 is 0. The van der Waals surface area contributed by atoms with Crippen LogP contribution in [0.1, 0.15) is 55.6 Å². The first kappa shape index (κ1) is 53.7. The molecule has 0 saturated heterocycles. The van der Waals surface area contributed by atoms with Crippen LogP contribution in [0, 0.1) is 69.2 Å². The molecule has 406 valence electrons. The van der Waals surface area contributed by atoms with E-state index in [-0.39, 0.29) is 0 Å². The van der Waals surface area contributed by atoms with E-state index in [4.69, 9.17) is 0 Å². The molecule has 0 atom stereocenters. The van der Waals surface area contributed by atoms with Crippen molar-refractivity contribution in [3.05, 3.63) is 298 Å². The summed E-state index contributed by atoms with van der Waals surface area (Å²) < 4.78 is 0. The summed E-state index contributed by atoms with van der Waals surface area (Å²) in [5.41, 5.74) is 13.5. The maximum absolute atomic E-state index is 2.31. The molecule has 0 aliphatic heterocycles. The normalized spacial score (nSPS) is 11.5. The highest BCUT2D eigenvalue weighted by molar-refractivity contribution is 6.25. The summed E-state index contributed by atoms with van der Waals surface area (Å²) in [7, 11) is 0. The molecule has 84 heavy (non-hydrogen) atoms. The third-order valence-corrected chi connectivity index (χ3v) is 18.0. The zero-order valence-corrected chi connectivity index (χ0v) is 50.1. The van der Waals surface area contributed by atoms with Crippen molar-refractivity contribution in [3.8, 4) is 0 Å². The predicted molar refractivity (Wildman–Crippen MR) is 372 cm³/mol. The molecule has 0 N–H and O–H groups in total. The quantitative estimate of drug-likeness (QED) is 0.105. The lowest BCUT2D eigenvalue weighted by Gasteiger charge is -2.14. The van der Waals surface area contributed by atoms with Crippen molar-refractivity contribution in [2.24, 2.45) is 0 Å². The minimum atomic E-state index is 1.32. The summed E-state index contributed by atoms with van der Waals surface area (Å²) in [6, 6.07) is 88.6. The van der Waals surface area contributed by atoms with Gasteiger partial charge in [0.05, 0.1) is 0 Å². The second kappa shape index (κ2) is 21.9. The van der Waals surface area contributed by atoms with E-state index in [1.165, 1.54) is 185 Å². The largest absolute Gasteiger partial charge is 0.0616 e. The van der Waals surface area contributed by atoms with Crippen LogP contribution in [0.25, 0.3) is 129 Å². The molecule has 17 aromatic carbocycles. The Kier molecular flexibility index (Phi) is 14.0. The topological polar surface area (TPSA) is 0 Å². The fourth-order valence-corrected chi connectivity index (χ4v) is 13.3. The lowest BCUT2D eigenvalue weighted by molar-refractivity contribution is 1.47. The van der Waals surface area contributed by atoms with Crippen molar-refractivity contribution in [1.82, 2.24) is 0 Å². The molecule has 0 saturated carbocycles. The number of aryl methyl sites for hydroxylation is 10. The van der Waals surface area contributed by atoms with Gasteiger partial charge in [0.2, 0.25) is 0 Å². The molecule has 0 nitrogen and oxygen atoms in total. The Balaban J connectivity index is 0.0000000981. The molecule has 0 unspecified atom stereocenters. The Bertz CT molecular complexity index is 5060. The van der Waals surface area contributed by atoms with Crippen LogP contribution >= 0.6 is 0 Å². The highest BCUT2D eigenvalue weighted by Gasteiger charge is 2.13. The highest BCUT2D eigenvalue weighted by atomic mass is 14.2. The zero-order chi connectivity index (χ0) is 57.9. The summed E-state index contributed by atoms with van der Waals surface area (Å²) in [4.78, 5) is 0. The molecule has 0 heterocycles. The monoisotopic (exact) mass is 1080 g/mol. The number of rotatable bonds is 0. The molecule has 0 amide bonds. The van der Waals surface area contributed by atoms with Crippen molar-refractivity contribution in [2.45, 2.75) is 69.2 Å². The minimum absolute atomic E-state index is 1.32. The standard InChI is InChI=1S/2C18H14.3C16H14/c1-11-3-5-13-8-10-16-12(2)4-6-14-7-9-15(11)17(13)18(14)16;1-11-6-7-14-10-12(2)15-5-3-4-13-8-9-16(11)18(14)17(13)15;1-11-3-5-13-10-16-8-12(2)4-6-14(16)9-15(13)7-11;1-11-6-5-9-15-12(2)14-8-4-3-7-13(14)10-16(11)15;1-11-7-8-12(2)16-10-14-6-4-3-5-13(14)9-15(11)16/h2*3-10H,1-2H3;3*3-10H,1-2H3. The van der Waals surface area contributed by atoms with E-state index in [2.05, 4.69) is 312 Å². The van der Waals surface area contributed by atoms with Gasteiger partial charge in [-0.2, -0.15) is 0 Å². The van der Waals surface area contributed by atoms with Crippen molar-refractivity contribution < 1.29 is 0 Å². The van der Waals surface area contributed by atoms with Crippen molar-refractivity contribution in [2.75, 3.05) is 0 Å². The Morgan fingerprint density at radius 3 is 1.01 bits per heavy atom. The van der Waals surface area contributed by atoms with E-state index >= 15 is 0 Å². The fraction of sp³-hybridized carbons (Fsp3) is 0.119. The van der Waals surface area contributed by atoms with Crippen LogP contribution < -0.4 is 0 Å². The second-order valence-electron chi connectivity index (χ2n) is 23.8. The van der Waals surface area contributed by atoms with E-state index in [1.54, 1.807) is 0 Å². The molecule has 0 aromatic heterocycles. The Labute approximate surface area is 493 Å². The maximum atomic E-state index is 2.31. The molecule has 0 aliphatic carbocycles. The van der Waals surface area contributed by atoms with Gasteiger partial charge in [-0.3, -0.25) is 0 Å². The van der Waals surface area contributed by atoms with E-state index < -0.39 is 0 Å². The zero-order valence-electron chi connectivity index (χ0n) is 50.1. The van der Waals surface area contributed by atoms with Crippen LogP contribution in [0.3, 0.4) is 0 Å². The number of hydrogen-bond donors (Lipinski definition) is 0. The molecule has 0 spiro atoms. The Morgan fingerprint density at radius 1 is 0.155 bits per heavy atom. The third-order valence-electron chi connectivity index (χ3n) is 18.0. The van der Waals surface area contributed by atoms with Gasteiger partial charge < -0.3 is 0 Å². The summed E-state index contributed by atoms with van der Waals surface area (Å²) in [5, 5.41) is 32.8. The van der Waals surface area contributed by atoms with Gasteiger partial charge >= 0.3 is 0 Å². The van der Waals surface area contributed by atoms with Gasteiger partial charge in [0.25, 0.3) is 0 Å². The van der Waals surface area contributed by atoms with E-state index in [9.17, 15) is 0 Å². The third kappa shape index (κ3) is 9.86. The van der Waals surface area contributed by atoms with Crippen LogP contribution in [0.5, 0.6) is 0 Å². The lowest BCUT2D eigenvalue weighted by atomic mass is 9.90. The number of fused-ring (bicyclic) bond motifs is 6. The molecular formula is C84H70. The molecule has 0 aliphatic rings.